The Hall–Kier alpha value is -4.15. The molecule has 9 nitrogen and oxygen atoms in total. The van der Waals surface area contributed by atoms with Gasteiger partial charge >= 0.3 is 6.03 Å². The van der Waals surface area contributed by atoms with Crippen molar-refractivity contribution in [2.75, 3.05) is 20.1 Å². The van der Waals surface area contributed by atoms with Gasteiger partial charge in [-0.1, -0.05) is 54.1 Å². The fourth-order valence-corrected chi connectivity index (χ4v) is 5.39. The standard InChI is InChI=1S/C29H29ClFN5O4/c1-33-18-27(38)35-25(14-19-8-12-23(37)13-9-19)28(39)34(16-21-4-2-3-5-24(21)30)17-26(35)36(33)29(40)32-15-20-6-10-22(31)11-7-20/h2-13,25-26,37H,14-18H2,1H3,(H,32,40)/t25-,26-/m0/s1. The number of amides is 4. The van der Waals surface area contributed by atoms with Crippen LogP contribution in [0.3, 0.4) is 0 Å². The van der Waals surface area contributed by atoms with Gasteiger partial charge in [0.2, 0.25) is 11.8 Å². The molecule has 2 atom stereocenters. The number of urea groups is 1. The number of fused-ring (bicyclic) bond motifs is 1. The molecule has 0 aliphatic carbocycles. The molecule has 0 spiro atoms. The Morgan fingerprint density at radius 2 is 1.70 bits per heavy atom. The largest absolute Gasteiger partial charge is 0.508 e. The molecular weight excluding hydrogens is 537 g/mol. The number of hydrogen-bond donors (Lipinski definition) is 2. The molecule has 11 heteroatoms. The molecular formula is C29H29ClFN5O4. The first-order chi connectivity index (χ1) is 19.2. The molecule has 2 aliphatic heterocycles. The lowest BCUT2D eigenvalue weighted by Crippen LogP contribution is -2.76. The Morgan fingerprint density at radius 3 is 2.40 bits per heavy atom. The molecule has 2 saturated heterocycles. The predicted octanol–water partition coefficient (Wildman–Crippen LogP) is 3.37. The van der Waals surface area contributed by atoms with Gasteiger partial charge in [-0.05, 0) is 47.0 Å². The summed E-state index contributed by atoms with van der Waals surface area (Å²) in [5, 5.41) is 16.1. The van der Waals surface area contributed by atoms with Gasteiger partial charge < -0.3 is 20.2 Å². The average molecular weight is 566 g/mol. The van der Waals surface area contributed by atoms with Gasteiger partial charge in [-0.2, -0.15) is 0 Å². The smallest absolute Gasteiger partial charge is 0.334 e. The maximum Gasteiger partial charge on any atom is 0.334 e. The number of hydrazine groups is 1. The summed E-state index contributed by atoms with van der Waals surface area (Å²) >= 11 is 6.41. The van der Waals surface area contributed by atoms with Crippen molar-refractivity contribution in [2.45, 2.75) is 31.7 Å². The normalized spacial score (nSPS) is 19.5. The van der Waals surface area contributed by atoms with E-state index in [1.807, 2.05) is 12.1 Å². The van der Waals surface area contributed by atoms with E-state index in [1.54, 1.807) is 53.4 Å². The van der Waals surface area contributed by atoms with Crippen molar-refractivity contribution >= 4 is 29.4 Å². The van der Waals surface area contributed by atoms with E-state index in [0.717, 1.165) is 11.1 Å². The number of benzene rings is 3. The van der Waals surface area contributed by atoms with Crippen LogP contribution in [0, 0.1) is 5.82 Å². The van der Waals surface area contributed by atoms with E-state index in [0.29, 0.717) is 10.6 Å². The van der Waals surface area contributed by atoms with Gasteiger partial charge in [0.25, 0.3) is 0 Å². The highest BCUT2D eigenvalue weighted by molar-refractivity contribution is 6.31. The van der Waals surface area contributed by atoms with E-state index in [4.69, 9.17) is 11.6 Å². The molecule has 2 heterocycles. The van der Waals surface area contributed by atoms with Crippen LogP contribution in [0.2, 0.25) is 5.02 Å². The summed E-state index contributed by atoms with van der Waals surface area (Å²) in [5.41, 5.74) is 2.22. The van der Waals surface area contributed by atoms with Crippen molar-refractivity contribution in [1.29, 1.82) is 0 Å². The molecule has 5 rings (SSSR count). The summed E-state index contributed by atoms with van der Waals surface area (Å²) in [5.74, 6) is -0.805. The number of carbonyl (C=O) groups excluding carboxylic acids is 3. The number of nitrogens with zero attached hydrogens (tertiary/aromatic N) is 4. The maximum absolute atomic E-state index is 13.9. The fraction of sp³-hybridized carbons (Fsp3) is 0.276. The number of likely N-dealkylation sites (N-methyl/N-ethyl adjacent to an activating group) is 1. The zero-order chi connectivity index (χ0) is 28.4. The number of phenols is 1. The Balaban J connectivity index is 1.45. The van der Waals surface area contributed by atoms with E-state index in [-0.39, 0.29) is 56.0 Å². The summed E-state index contributed by atoms with van der Waals surface area (Å²) in [4.78, 5) is 43.9. The first kappa shape index (κ1) is 27.4. The highest BCUT2D eigenvalue weighted by Gasteiger charge is 2.50. The van der Waals surface area contributed by atoms with E-state index in [2.05, 4.69) is 5.32 Å². The monoisotopic (exact) mass is 565 g/mol. The lowest BCUT2D eigenvalue weighted by Gasteiger charge is -2.54. The van der Waals surface area contributed by atoms with Gasteiger partial charge in [-0.3, -0.25) is 9.59 Å². The van der Waals surface area contributed by atoms with Gasteiger partial charge in [-0.25, -0.2) is 19.2 Å². The minimum absolute atomic E-state index is 0.0795. The molecule has 2 aliphatic rings. The minimum Gasteiger partial charge on any atom is -0.508 e. The number of nitrogens with one attached hydrogen (secondary N) is 1. The average Bonchev–Trinajstić information content (AvgIpc) is 2.93. The summed E-state index contributed by atoms with van der Waals surface area (Å²) in [7, 11) is 1.65. The number of aromatic hydroxyl groups is 1. The summed E-state index contributed by atoms with van der Waals surface area (Å²) in [6, 6.07) is 18.2. The van der Waals surface area contributed by atoms with Crippen LogP contribution in [0.5, 0.6) is 5.75 Å². The highest BCUT2D eigenvalue weighted by Crippen LogP contribution is 2.30. The molecule has 3 aromatic carbocycles. The van der Waals surface area contributed by atoms with Crippen LogP contribution in [0.25, 0.3) is 0 Å². The molecule has 0 bridgehead atoms. The van der Waals surface area contributed by atoms with Crippen molar-refractivity contribution < 1.29 is 23.9 Å². The minimum atomic E-state index is -0.876. The topological polar surface area (TPSA) is 96.4 Å². The zero-order valence-electron chi connectivity index (χ0n) is 21.8. The van der Waals surface area contributed by atoms with Crippen LogP contribution in [-0.4, -0.2) is 75.1 Å². The third-order valence-corrected chi connectivity index (χ3v) is 7.56. The number of phenolic OH excluding ortho intramolecular Hbond substituents is 1. The lowest BCUT2D eigenvalue weighted by atomic mass is 9.98. The first-order valence-electron chi connectivity index (χ1n) is 12.8. The van der Waals surface area contributed by atoms with Gasteiger partial charge in [0, 0.05) is 31.6 Å². The van der Waals surface area contributed by atoms with Crippen molar-refractivity contribution in [2.24, 2.45) is 0 Å². The van der Waals surface area contributed by atoms with Crippen LogP contribution < -0.4 is 5.32 Å². The molecule has 3 aromatic rings. The van der Waals surface area contributed by atoms with Gasteiger partial charge in [0.1, 0.15) is 23.8 Å². The number of piperazine rings is 1. The lowest BCUT2D eigenvalue weighted by molar-refractivity contribution is -0.187. The first-order valence-corrected chi connectivity index (χ1v) is 13.2. The summed E-state index contributed by atoms with van der Waals surface area (Å²) < 4.78 is 13.3. The van der Waals surface area contributed by atoms with Crippen molar-refractivity contribution in [3.05, 3.63) is 100 Å². The second-order valence-corrected chi connectivity index (χ2v) is 10.3. The van der Waals surface area contributed by atoms with Crippen molar-refractivity contribution in [1.82, 2.24) is 25.1 Å². The number of halogens is 2. The van der Waals surface area contributed by atoms with E-state index in [9.17, 15) is 23.9 Å². The van der Waals surface area contributed by atoms with E-state index >= 15 is 0 Å². The van der Waals surface area contributed by atoms with Crippen LogP contribution in [0.15, 0.2) is 72.8 Å². The number of hydrogen-bond acceptors (Lipinski definition) is 5. The molecule has 0 unspecified atom stereocenters. The maximum atomic E-state index is 13.9. The van der Waals surface area contributed by atoms with E-state index < -0.39 is 18.2 Å². The Kier molecular flexibility index (Phi) is 7.90. The molecule has 0 saturated carbocycles. The SMILES string of the molecule is CN1CC(=O)N2[C@@H](Cc3ccc(O)cc3)C(=O)N(Cc3ccccc3Cl)C[C@@H]2N1C(=O)NCc1ccc(F)cc1. The second-order valence-electron chi connectivity index (χ2n) is 9.92. The Bertz CT molecular complexity index is 1400. The van der Waals surface area contributed by atoms with Crippen LogP contribution in [0.1, 0.15) is 16.7 Å². The van der Waals surface area contributed by atoms with Crippen molar-refractivity contribution in [3.63, 3.8) is 0 Å². The zero-order valence-corrected chi connectivity index (χ0v) is 22.6. The van der Waals surface area contributed by atoms with E-state index in [1.165, 1.54) is 34.2 Å². The summed E-state index contributed by atoms with van der Waals surface area (Å²) in [6.45, 7) is 0.349. The third kappa shape index (κ3) is 5.73. The highest BCUT2D eigenvalue weighted by atomic mass is 35.5. The molecule has 4 amide bonds. The number of rotatable bonds is 6. The van der Waals surface area contributed by atoms with Crippen LogP contribution in [0.4, 0.5) is 9.18 Å². The molecule has 0 aromatic heterocycles. The second kappa shape index (κ2) is 11.5. The summed E-state index contributed by atoms with van der Waals surface area (Å²) in [6.07, 6.45) is -0.573. The van der Waals surface area contributed by atoms with Crippen molar-refractivity contribution in [3.8, 4) is 5.75 Å². The van der Waals surface area contributed by atoms with Gasteiger partial charge in [0.05, 0.1) is 13.1 Å². The van der Waals surface area contributed by atoms with Crippen LogP contribution >= 0.6 is 11.6 Å². The fourth-order valence-electron chi connectivity index (χ4n) is 5.20. The molecule has 2 fully saturated rings. The molecule has 0 radical (unpaired) electrons. The Labute approximate surface area is 236 Å². The molecule has 40 heavy (non-hydrogen) atoms. The Morgan fingerprint density at radius 1 is 1.02 bits per heavy atom. The predicted molar refractivity (Wildman–Crippen MR) is 146 cm³/mol. The van der Waals surface area contributed by atoms with Gasteiger partial charge in [-0.15, -0.1) is 0 Å². The van der Waals surface area contributed by atoms with Crippen LogP contribution in [-0.2, 0) is 29.1 Å². The third-order valence-electron chi connectivity index (χ3n) is 7.19. The number of carbonyl (C=O) groups is 3. The van der Waals surface area contributed by atoms with Gasteiger partial charge in [0.15, 0.2) is 0 Å². The quantitative estimate of drug-likeness (QED) is 0.478. The molecule has 208 valence electrons. The molecule has 2 N–H and O–H groups in total.